The summed E-state index contributed by atoms with van der Waals surface area (Å²) in [6.07, 6.45) is -0.785. The molecule has 0 aromatic heterocycles. The molecule has 0 aliphatic rings. The Labute approximate surface area is 85.6 Å². The van der Waals surface area contributed by atoms with E-state index in [9.17, 15) is 8.78 Å². The summed E-state index contributed by atoms with van der Waals surface area (Å²) in [5.74, 6) is 0. The first-order chi connectivity index (χ1) is 6.63. The number of ether oxygens (including phenoxy) is 1. The third kappa shape index (κ3) is 3.21. The Balaban J connectivity index is 2.73. The highest BCUT2D eigenvalue weighted by atomic mass is 35.5. The van der Waals surface area contributed by atoms with Crippen LogP contribution in [0.15, 0.2) is 24.3 Å². The van der Waals surface area contributed by atoms with Crippen molar-refractivity contribution in [1.29, 1.82) is 0 Å². The summed E-state index contributed by atoms with van der Waals surface area (Å²) in [4.78, 5) is 0. The number of benzene rings is 1. The minimum absolute atomic E-state index is 0.00592. The lowest BCUT2D eigenvalue weighted by molar-refractivity contribution is -0.162. The van der Waals surface area contributed by atoms with Crippen LogP contribution in [0.25, 0.3) is 0 Å². The summed E-state index contributed by atoms with van der Waals surface area (Å²) in [5, 5.41) is 0.543. The molecule has 1 aromatic rings. The van der Waals surface area contributed by atoms with Crippen LogP contribution in [0.3, 0.4) is 0 Å². The molecule has 0 saturated heterocycles. The Hall–Kier alpha value is -0.710. The summed E-state index contributed by atoms with van der Waals surface area (Å²) in [7, 11) is 0. The highest BCUT2D eigenvalue weighted by Crippen LogP contribution is 2.20. The number of hydrogen-bond acceptors (Lipinski definition) is 2. The standard InChI is InChI=1S/C9H10ClF2NO/c10-7-3-1-6(2-4-7)8(5-13)14-9(11)12/h1-4,8-9H,5,13H2. The molecule has 5 heteroatoms. The summed E-state index contributed by atoms with van der Waals surface area (Å²) >= 11 is 5.65. The Morgan fingerprint density at radius 1 is 1.29 bits per heavy atom. The largest absolute Gasteiger partial charge is 0.345 e. The number of hydrogen-bond donors (Lipinski definition) is 1. The van der Waals surface area contributed by atoms with Crippen LogP contribution in [-0.4, -0.2) is 13.2 Å². The van der Waals surface area contributed by atoms with Crippen LogP contribution >= 0.6 is 11.6 Å². The van der Waals surface area contributed by atoms with Gasteiger partial charge in [-0.25, -0.2) is 0 Å². The lowest BCUT2D eigenvalue weighted by atomic mass is 10.1. The molecule has 0 radical (unpaired) electrons. The van der Waals surface area contributed by atoms with Crippen molar-refractivity contribution in [2.45, 2.75) is 12.7 Å². The Bertz CT molecular complexity index is 279. The Morgan fingerprint density at radius 2 is 1.86 bits per heavy atom. The average Bonchev–Trinajstić information content (AvgIpc) is 2.15. The minimum Gasteiger partial charge on any atom is -0.328 e. The zero-order valence-electron chi connectivity index (χ0n) is 7.29. The van der Waals surface area contributed by atoms with E-state index in [1.54, 1.807) is 24.3 Å². The van der Waals surface area contributed by atoms with Gasteiger partial charge in [0.15, 0.2) is 0 Å². The van der Waals surface area contributed by atoms with Crippen molar-refractivity contribution in [3.63, 3.8) is 0 Å². The molecule has 1 aromatic carbocycles. The second-order valence-electron chi connectivity index (χ2n) is 2.67. The first-order valence-corrected chi connectivity index (χ1v) is 4.40. The van der Waals surface area contributed by atoms with E-state index >= 15 is 0 Å². The van der Waals surface area contributed by atoms with Crippen LogP contribution in [0.1, 0.15) is 11.7 Å². The van der Waals surface area contributed by atoms with E-state index in [-0.39, 0.29) is 6.54 Å². The lowest BCUT2D eigenvalue weighted by Crippen LogP contribution is -2.18. The molecule has 0 bridgehead atoms. The summed E-state index contributed by atoms with van der Waals surface area (Å²) in [6.45, 7) is -2.81. The molecule has 0 spiro atoms. The molecule has 2 N–H and O–H groups in total. The van der Waals surface area contributed by atoms with Crippen molar-refractivity contribution >= 4 is 11.6 Å². The topological polar surface area (TPSA) is 35.2 Å². The Morgan fingerprint density at radius 3 is 2.29 bits per heavy atom. The monoisotopic (exact) mass is 221 g/mol. The number of halogens is 3. The maximum atomic E-state index is 11.9. The van der Waals surface area contributed by atoms with E-state index in [1.807, 2.05) is 0 Å². The summed E-state index contributed by atoms with van der Waals surface area (Å²) < 4.78 is 28.2. The van der Waals surface area contributed by atoms with Gasteiger partial charge in [0.1, 0.15) is 6.10 Å². The van der Waals surface area contributed by atoms with Crippen molar-refractivity contribution in [2.24, 2.45) is 5.73 Å². The van der Waals surface area contributed by atoms with E-state index in [0.29, 0.717) is 10.6 Å². The molecule has 1 rings (SSSR count). The third-order valence-corrected chi connectivity index (χ3v) is 1.97. The third-order valence-electron chi connectivity index (χ3n) is 1.72. The van der Waals surface area contributed by atoms with E-state index in [1.165, 1.54) is 0 Å². The first-order valence-electron chi connectivity index (χ1n) is 4.02. The van der Waals surface area contributed by atoms with Gasteiger partial charge in [-0.15, -0.1) is 0 Å². The zero-order chi connectivity index (χ0) is 10.6. The fourth-order valence-corrected chi connectivity index (χ4v) is 1.20. The van der Waals surface area contributed by atoms with Gasteiger partial charge in [-0.1, -0.05) is 23.7 Å². The summed E-state index contributed by atoms with van der Waals surface area (Å²) in [5.41, 5.74) is 5.89. The molecule has 2 nitrogen and oxygen atoms in total. The predicted molar refractivity (Wildman–Crippen MR) is 50.3 cm³/mol. The predicted octanol–water partition coefficient (Wildman–Crippen LogP) is 2.58. The minimum atomic E-state index is -2.82. The van der Waals surface area contributed by atoms with Crippen LogP contribution in [0.4, 0.5) is 8.78 Å². The van der Waals surface area contributed by atoms with Crippen molar-refractivity contribution in [3.8, 4) is 0 Å². The molecular formula is C9H10ClF2NO. The fraction of sp³-hybridized carbons (Fsp3) is 0.333. The van der Waals surface area contributed by atoms with Gasteiger partial charge in [0.2, 0.25) is 0 Å². The van der Waals surface area contributed by atoms with Gasteiger partial charge >= 0.3 is 6.61 Å². The molecular weight excluding hydrogens is 212 g/mol. The van der Waals surface area contributed by atoms with Gasteiger partial charge in [-0.05, 0) is 17.7 Å². The molecule has 1 atom stereocenters. The molecule has 0 heterocycles. The molecule has 78 valence electrons. The fourth-order valence-electron chi connectivity index (χ4n) is 1.07. The van der Waals surface area contributed by atoms with Gasteiger partial charge in [-0.2, -0.15) is 8.78 Å². The van der Waals surface area contributed by atoms with Crippen LogP contribution in [0.5, 0.6) is 0 Å². The molecule has 14 heavy (non-hydrogen) atoms. The van der Waals surface area contributed by atoms with Crippen molar-refractivity contribution in [3.05, 3.63) is 34.9 Å². The average molecular weight is 222 g/mol. The van der Waals surface area contributed by atoms with E-state index < -0.39 is 12.7 Å². The summed E-state index contributed by atoms with van der Waals surface area (Å²) in [6, 6.07) is 6.44. The van der Waals surface area contributed by atoms with Gasteiger partial charge in [0.05, 0.1) is 0 Å². The van der Waals surface area contributed by atoms with Gasteiger partial charge < -0.3 is 10.5 Å². The van der Waals surface area contributed by atoms with Crippen LogP contribution in [-0.2, 0) is 4.74 Å². The normalized spacial score (nSPS) is 13.2. The molecule has 0 amide bonds. The number of alkyl halides is 2. The molecule has 0 aliphatic heterocycles. The van der Waals surface area contributed by atoms with Crippen LogP contribution < -0.4 is 5.73 Å². The van der Waals surface area contributed by atoms with E-state index in [0.717, 1.165) is 0 Å². The second kappa shape index (κ2) is 5.24. The number of nitrogens with two attached hydrogens (primary N) is 1. The molecule has 1 unspecified atom stereocenters. The maximum Gasteiger partial charge on any atom is 0.345 e. The van der Waals surface area contributed by atoms with Gasteiger partial charge in [0.25, 0.3) is 0 Å². The van der Waals surface area contributed by atoms with Gasteiger partial charge in [0, 0.05) is 11.6 Å². The lowest BCUT2D eigenvalue weighted by Gasteiger charge is -2.15. The van der Waals surface area contributed by atoms with Crippen LogP contribution in [0, 0.1) is 0 Å². The molecule has 0 aliphatic carbocycles. The highest BCUT2D eigenvalue weighted by Gasteiger charge is 2.15. The quantitative estimate of drug-likeness (QED) is 0.848. The van der Waals surface area contributed by atoms with Crippen molar-refractivity contribution in [1.82, 2.24) is 0 Å². The van der Waals surface area contributed by atoms with Crippen LogP contribution in [0.2, 0.25) is 5.02 Å². The molecule has 0 saturated carbocycles. The SMILES string of the molecule is NCC(OC(F)F)c1ccc(Cl)cc1. The van der Waals surface area contributed by atoms with E-state index in [4.69, 9.17) is 17.3 Å². The van der Waals surface area contributed by atoms with Crippen molar-refractivity contribution < 1.29 is 13.5 Å². The Kier molecular flexibility index (Phi) is 4.25. The highest BCUT2D eigenvalue weighted by molar-refractivity contribution is 6.30. The van der Waals surface area contributed by atoms with Crippen molar-refractivity contribution in [2.75, 3.05) is 6.54 Å². The van der Waals surface area contributed by atoms with E-state index in [2.05, 4.69) is 4.74 Å². The molecule has 0 fully saturated rings. The number of rotatable bonds is 4. The maximum absolute atomic E-state index is 11.9. The zero-order valence-corrected chi connectivity index (χ0v) is 8.05. The smallest absolute Gasteiger partial charge is 0.328 e. The first kappa shape index (κ1) is 11.4. The van der Waals surface area contributed by atoms with Gasteiger partial charge in [-0.3, -0.25) is 0 Å². The second-order valence-corrected chi connectivity index (χ2v) is 3.11.